The van der Waals surface area contributed by atoms with E-state index in [1.54, 1.807) is 41.3 Å². The fourth-order valence-corrected chi connectivity index (χ4v) is 1.83. The standard InChI is InChI=1S/C14H15ClN2O2/c1-2-6-17-9-11(8-16-17)14(18)10-19-13-5-3-4-12(15)7-13/h3-5,7-9H,2,6,10H2,1H3. The Morgan fingerprint density at radius 3 is 3.05 bits per heavy atom. The number of Topliss-reactive ketones (excluding diaryl/α,β-unsaturated/α-hetero) is 1. The summed E-state index contributed by atoms with van der Waals surface area (Å²) in [6, 6.07) is 6.97. The van der Waals surface area contributed by atoms with Gasteiger partial charge < -0.3 is 4.74 Å². The smallest absolute Gasteiger partial charge is 0.203 e. The Labute approximate surface area is 116 Å². The number of aryl methyl sites for hydroxylation is 1. The number of rotatable bonds is 6. The number of hydrogen-bond donors (Lipinski definition) is 0. The van der Waals surface area contributed by atoms with Crippen molar-refractivity contribution in [2.75, 3.05) is 6.61 Å². The molecule has 0 fully saturated rings. The maximum Gasteiger partial charge on any atom is 0.203 e. The van der Waals surface area contributed by atoms with Gasteiger partial charge in [-0.1, -0.05) is 24.6 Å². The monoisotopic (exact) mass is 278 g/mol. The highest BCUT2D eigenvalue weighted by Gasteiger charge is 2.09. The molecule has 0 bridgehead atoms. The van der Waals surface area contributed by atoms with Gasteiger partial charge in [-0.2, -0.15) is 5.10 Å². The number of ketones is 1. The fraction of sp³-hybridized carbons (Fsp3) is 0.286. The Kier molecular flexibility index (Phi) is 4.58. The van der Waals surface area contributed by atoms with Gasteiger partial charge in [0.1, 0.15) is 5.75 Å². The molecule has 0 saturated heterocycles. The van der Waals surface area contributed by atoms with Gasteiger partial charge in [0, 0.05) is 17.8 Å². The molecule has 4 nitrogen and oxygen atoms in total. The lowest BCUT2D eigenvalue weighted by molar-refractivity contribution is 0.0921. The van der Waals surface area contributed by atoms with Crippen molar-refractivity contribution in [1.29, 1.82) is 0 Å². The molecule has 2 aromatic rings. The molecule has 1 aromatic carbocycles. The number of hydrogen-bond acceptors (Lipinski definition) is 3. The molecule has 0 saturated carbocycles. The first-order valence-corrected chi connectivity index (χ1v) is 6.51. The second-order valence-electron chi connectivity index (χ2n) is 4.16. The second kappa shape index (κ2) is 6.38. The third kappa shape index (κ3) is 3.83. The normalized spacial score (nSPS) is 10.4. The van der Waals surface area contributed by atoms with Gasteiger partial charge in [0.25, 0.3) is 0 Å². The predicted molar refractivity (Wildman–Crippen MR) is 73.8 cm³/mol. The molecule has 0 unspecified atom stereocenters. The van der Waals surface area contributed by atoms with Crippen LogP contribution in [0.25, 0.3) is 0 Å². The van der Waals surface area contributed by atoms with Crippen LogP contribution in [-0.4, -0.2) is 22.2 Å². The van der Waals surface area contributed by atoms with Crippen molar-refractivity contribution in [3.8, 4) is 5.75 Å². The van der Waals surface area contributed by atoms with E-state index in [9.17, 15) is 4.79 Å². The average molecular weight is 279 g/mol. The quantitative estimate of drug-likeness (QED) is 0.762. The van der Waals surface area contributed by atoms with E-state index in [0.29, 0.717) is 16.3 Å². The van der Waals surface area contributed by atoms with Crippen LogP contribution in [0.4, 0.5) is 0 Å². The minimum absolute atomic E-state index is 0.0157. The third-order valence-electron chi connectivity index (χ3n) is 2.57. The van der Waals surface area contributed by atoms with Crippen LogP contribution in [0, 0.1) is 0 Å². The van der Waals surface area contributed by atoms with Crippen LogP contribution in [0.15, 0.2) is 36.7 Å². The number of carbonyl (C=O) groups is 1. The van der Waals surface area contributed by atoms with E-state index in [0.717, 1.165) is 13.0 Å². The molecule has 2 rings (SSSR count). The molecule has 1 aromatic heterocycles. The first-order chi connectivity index (χ1) is 9.19. The third-order valence-corrected chi connectivity index (χ3v) is 2.81. The molecule has 100 valence electrons. The highest BCUT2D eigenvalue weighted by Crippen LogP contribution is 2.17. The molecule has 1 heterocycles. The van der Waals surface area contributed by atoms with E-state index >= 15 is 0 Å². The van der Waals surface area contributed by atoms with Crippen molar-refractivity contribution in [3.05, 3.63) is 47.2 Å². The molecule has 0 radical (unpaired) electrons. The number of nitrogens with zero attached hydrogens (tertiary/aromatic N) is 2. The first-order valence-electron chi connectivity index (χ1n) is 6.13. The summed E-state index contributed by atoms with van der Waals surface area (Å²) in [4.78, 5) is 11.9. The lowest BCUT2D eigenvalue weighted by atomic mass is 10.2. The van der Waals surface area contributed by atoms with Crippen LogP contribution in [-0.2, 0) is 6.54 Å². The van der Waals surface area contributed by atoms with Gasteiger partial charge in [-0.15, -0.1) is 0 Å². The van der Waals surface area contributed by atoms with Gasteiger partial charge in [0.2, 0.25) is 5.78 Å². The van der Waals surface area contributed by atoms with Gasteiger partial charge >= 0.3 is 0 Å². The maximum atomic E-state index is 11.9. The van der Waals surface area contributed by atoms with E-state index in [2.05, 4.69) is 12.0 Å². The molecule has 0 aliphatic heterocycles. The van der Waals surface area contributed by atoms with Crippen molar-refractivity contribution >= 4 is 17.4 Å². The number of aromatic nitrogens is 2. The molecule has 0 atom stereocenters. The van der Waals surface area contributed by atoms with Crippen LogP contribution in [0.5, 0.6) is 5.75 Å². The summed E-state index contributed by atoms with van der Waals surface area (Å²) in [5.74, 6) is 0.490. The van der Waals surface area contributed by atoms with E-state index in [4.69, 9.17) is 16.3 Å². The van der Waals surface area contributed by atoms with Crippen LogP contribution in [0.1, 0.15) is 23.7 Å². The summed E-state index contributed by atoms with van der Waals surface area (Å²) < 4.78 is 7.16. The Morgan fingerprint density at radius 1 is 1.47 bits per heavy atom. The van der Waals surface area contributed by atoms with E-state index < -0.39 is 0 Å². The Bertz CT molecular complexity index is 566. The SMILES string of the molecule is CCCn1cc(C(=O)COc2cccc(Cl)c2)cn1. The zero-order valence-corrected chi connectivity index (χ0v) is 11.4. The summed E-state index contributed by atoms with van der Waals surface area (Å²) in [5.41, 5.74) is 0.565. The summed E-state index contributed by atoms with van der Waals surface area (Å²) in [7, 11) is 0. The average Bonchev–Trinajstić information content (AvgIpc) is 2.85. The molecule has 0 N–H and O–H groups in total. The first kappa shape index (κ1) is 13.6. The summed E-state index contributed by atoms with van der Waals surface area (Å²) in [5, 5.41) is 4.70. The van der Waals surface area contributed by atoms with E-state index in [-0.39, 0.29) is 12.4 Å². The van der Waals surface area contributed by atoms with Crippen molar-refractivity contribution < 1.29 is 9.53 Å². The minimum Gasteiger partial charge on any atom is -0.485 e. The number of ether oxygens (including phenoxy) is 1. The molecule has 19 heavy (non-hydrogen) atoms. The molecule has 5 heteroatoms. The lowest BCUT2D eigenvalue weighted by Crippen LogP contribution is -2.11. The minimum atomic E-state index is -0.0951. The Morgan fingerprint density at radius 2 is 2.32 bits per heavy atom. The predicted octanol–water partition coefficient (Wildman–Crippen LogP) is 3.21. The van der Waals surface area contributed by atoms with Crippen molar-refractivity contribution in [2.45, 2.75) is 19.9 Å². The van der Waals surface area contributed by atoms with Crippen molar-refractivity contribution in [2.24, 2.45) is 0 Å². The molecular weight excluding hydrogens is 264 g/mol. The van der Waals surface area contributed by atoms with Gasteiger partial charge in [-0.05, 0) is 24.6 Å². The van der Waals surface area contributed by atoms with Crippen molar-refractivity contribution in [3.63, 3.8) is 0 Å². The highest BCUT2D eigenvalue weighted by atomic mass is 35.5. The fourth-order valence-electron chi connectivity index (χ4n) is 1.65. The number of carbonyl (C=O) groups excluding carboxylic acids is 1. The zero-order chi connectivity index (χ0) is 13.7. The molecule has 0 aliphatic carbocycles. The lowest BCUT2D eigenvalue weighted by Gasteiger charge is -2.04. The Balaban J connectivity index is 1.93. The largest absolute Gasteiger partial charge is 0.485 e. The van der Waals surface area contributed by atoms with E-state index in [1.165, 1.54) is 0 Å². The van der Waals surface area contributed by atoms with Gasteiger partial charge in [-0.25, -0.2) is 0 Å². The van der Waals surface area contributed by atoms with Crippen LogP contribution in [0.3, 0.4) is 0 Å². The molecule has 0 amide bonds. The zero-order valence-electron chi connectivity index (χ0n) is 10.7. The number of halogens is 1. The molecular formula is C14H15ClN2O2. The summed E-state index contributed by atoms with van der Waals surface area (Å²) in [6.07, 6.45) is 4.29. The maximum absolute atomic E-state index is 11.9. The van der Waals surface area contributed by atoms with Crippen LogP contribution >= 0.6 is 11.6 Å². The van der Waals surface area contributed by atoms with Gasteiger partial charge in [0.15, 0.2) is 6.61 Å². The van der Waals surface area contributed by atoms with Gasteiger partial charge in [-0.3, -0.25) is 9.48 Å². The Hall–Kier alpha value is -1.81. The molecule has 0 spiro atoms. The topological polar surface area (TPSA) is 44.1 Å². The van der Waals surface area contributed by atoms with Crippen LogP contribution < -0.4 is 4.74 Å². The highest BCUT2D eigenvalue weighted by molar-refractivity contribution is 6.30. The van der Waals surface area contributed by atoms with Crippen LogP contribution in [0.2, 0.25) is 5.02 Å². The second-order valence-corrected chi connectivity index (χ2v) is 4.60. The summed E-state index contributed by atoms with van der Waals surface area (Å²) >= 11 is 5.84. The van der Waals surface area contributed by atoms with E-state index in [1.807, 2.05) is 0 Å². The molecule has 0 aliphatic rings. The summed E-state index contributed by atoms with van der Waals surface area (Å²) in [6.45, 7) is 2.85. The number of benzene rings is 1. The van der Waals surface area contributed by atoms with Gasteiger partial charge in [0.05, 0.1) is 11.8 Å². The van der Waals surface area contributed by atoms with Crippen molar-refractivity contribution in [1.82, 2.24) is 9.78 Å².